The van der Waals surface area contributed by atoms with Gasteiger partial charge in [0.2, 0.25) is 0 Å². The fourth-order valence-electron chi connectivity index (χ4n) is 4.22. The van der Waals surface area contributed by atoms with Crippen LogP contribution in [0.1, 0.15) is 29.5 Å². The lowest BCUT2D eigenvalue weighted by Crippen LogP contribution is -2.32. The van der Waals surface area contributed by atoms with Crippen molar-refractivity contribution in [1.29, 1.82) is 5.26 Å². The van der Waals surface area contributed by atoms with Gasteiger partial charge in [-0.1, -0.05) is 17.7 Å². The van der Waals surface area contributed by atoms with E-state index in [4.69, 9.17) is 9.47 Å². The second-order valence-electron chi connectivity index (χ2n) is 8.68. The van der Waals surface area contributed by atoms with Gasteiger partial charge in [0.15, 0.2) is 11.5 Å². The molecule has 0 unspecified atom stereocenters. The number of hydrogen-bond donors (Lipinski definition) is 1. The van der Waals surface area contributed by atoms with Gasteiger partial charge in [-0.15, -0.1) is 0 Å². The number of fused-ring (bicyclic) bond motifs is 1. The number of benzene rings is 2. The standard InChI is InChI=1S/C26H30N4O2/c1-17-5-6-22(18(2)11-17)29-26-20(14-27)15-28-23-13-25(24(31-4)12-21(23)26)32-16-19-7-9-30(3)10-8-19/h5-6,11-13,15,19H,7-10,16H2,1-4H3,(H,28,29). The molecular formula is C26H30N4O2. The molecular weight excluding hydrogens is 400 g/mol. The zero-order valence-electron chi connectivity index (χ0n) is 19.2. The van der Waals surface area contributed by atoms with E-state index in [1.807, 2.05) is 18.2 Å². The number of piperidine rings is 1. The highest BCUT2D eigenvalue weighted by Crippen LogP contribution is 2.38. The van der Waals surface area contributed by atoms with Crippen LogP contribution in [-0.2, 0) is 0 Å². The van der Waals surface area contributed by atoms with Crippen LogP contribution in [0.4, 0.5) is 11.4 Å². The third-order valence-corrected chi connectivity index (χ3v) is 6.23. The van der Waals surface area contributed by atoms with Crippen molar-refractivity contribution < 1.29 is 9.47 Å². The number of nitrogens with one attached hydrogen (secondary N) is 1. The fourth-order valence-corrected chi connectivity index (χ4v) is 4.22. The van der Waals surface area contributed by atoms with Crippen molar-refractivity contribution in [1.82, 2.24) is 9.88 Å². The number of pyridine rings is 1. The van der Waals surface area contributed by atoms with Crippen LogP contribution in [0.25, 0.3) is 10.9 Å². The van der Waals surface area contributed by atoms with E-state index in [-0.39, 0.29) is 0 Å². The number of ether oxygens (including phenoxy) is 2. The Kier molecular flexibility index (Phi) is 6.48. The summed E-state index contributed by atoms with van der Waals surface area (Å²) in [4.78, 5) is 6.88. The van der Waals surface area contributed by atoms with Crippen molar-refractivity contribution in [3.8, 4) is 17.6 Å². The summed E-state index contributed by atoms with van der Waals surface area (Å²) >= 11 is 0. The number of nitrogens with zero attached hydrogens (tertiary/aromatic N) is 3. The zero-order valence-corrected chi connectivity index (χ0v) is 19.2. The van der Waals surface area contributed by atoms with Crippen molar-refractivity contribution in [2.75, 3.05) is 39.2 Å². The molecule has 0 aliphatic carbocycles. The van der Waals surface area contributed by atoms with Crippen LogP contribution in [-0.4, -0.2) is 43.7 Å². The molecule has 0 saturated carbocycles. The largest absolute Gasteiger partial charge is 0.493 e. The average molecular weight is 431 g/mol. The van der Waals surface area contributed by atoms with E-state index in [1.54, 1.807) is 13.3 Å². The van der Waals surface area contributed by atoms with Crippen LogP contribution in [0.5, 0.6) is 11.5 Å². The van der Waals surface area contributed by atoms with Crippen LogP contribution in [0.15, 0.2) is 36.5 Å². The van der Waals surface area contributed by atoms with Crippen molar-refractivity contribution in [3.05, 3.63) is 53.2 Å². The molecule has 1 saturated heterocycles. The van der Waals surface area contributed by atoms with Gasteiger partial charge in [-0.05, 0) is 70.4 Å². The van der Waals surface area contributed by atoms with Crippen LogP contribution in [0.2, 0.25) is 0 Å². The summed E-state index contributed by atoms with van der Waals surface area (Å²) < 4.78 is 11.8. The minimum absolute atomic E-state index is 0.486. The SMILES string of the molecule is COc1cc2c(Nc3ccc(C)cc3C)c(C#N)cnc2cc1OCC1CCN(C)CC1. The highest BCUT2D eigenvalue weighted by atomic mass is 16.5. The van der Waals surface area contributed by atoms with Gasteiger partial charge in [-0.3, -0.25) is 4.98 Å². The molecule has 0 spiro atoms. The van der Waals surface area contributed by atoms with Gasteiger partial charge in [0.05, 0.1) is 30.5 Å². The van der Waals surface area contributed by atoms with E-state index >= 15 is 0 Å². The molecule has 32 heavy (non-hydrogen) atoms. The molecule has 1 aromatic heterocycles. The molecule has 2 aromatic carbocycles. The average Bonchev–Trinajstić information content (AvgIpc) is 2.80. The van der Waals surface area contributed by atoms with Crippen LogP contribution >= 0.6 is 0 Å². The zero-order chi connectivity index (χ0) is 22.7. The van der Waals surface area contributed by atoms with Crippen LogP contribution in [0.3, 0.4) is 0 Å². The number of anilines is 2. The maximum atomic E-state index is 9.71. The molecule has 1 aliphatic rings. The van der Waals surface area contributed by atoms with Crippen molar-refractivity contribution in [2.45, 2.75) is 26.7 Å². The van der Waals surface area contributed by atoms with Gasteiger partial charge in [-0.25, -0.2) is 0 Å². The highest BCUT2D eigenvalue weighted by molar-refractivity contribution is 5.97. The number of nitriles is 1. The Bertz CT molecular complexity index is 1160. The second kappa shape index (κ2) is 9.46. The summed E-state index contributed by atoms with van der Waals surface area (Å²) in [5, 5.41) is 14.0. The van der Waals surface area contributed by atoms with Gasteiger partial charge in [0.1, 0.15) is 6.07 Å². The number of rotatable bonds is 6. The lowest BCUT2D eigenvalue weighted by molar-refractivity contribution is 0.157. The third kappa shape index (κ3) is 4.63. The van der Waals surface area contributed by atoms with E-state index in [2.05, 4.69) is 54.3 Å². The molecule has 6 heteroatoms. The molecule has 6 nitrogen and oxygen atoms in total. The maximum Gasteiger partial charge on any atom is 0.163 e. The number of aromatic nitrogens is 1. The van der Waals surface area contributed by atoms with E-state index in [0.29, 0.717) is 29.6 Å². The number of likely N-dealkylation sites (tertiary alicyclic amines) is 1. The molecule has 166 valence electrons. The molecule has 1 fully saturated rings. The Hall–Kier alpha value is -3.30. The van der Waals surface area contributed by atoms with Gasteiger partial charge in [0, 0.05) is 23.3 Å². The van der Waals surface area contributed by atoms with Gasteiger partial charge in [-0.2, -0.15) is 5.26 Å². The van der Waals surface area contributed by atoms with Crippen molar-refractivity contribution in [3.63, 3.8) is 0 Å². The smallest absolute Gasteiger partial charge is 0.163 e. The molecule has 0 atom stereocenters. The minimum Gasteiger partial charge on any atom is -0.493 e. The van der Waals surface area contributed by atoms with Crippen molar-refractivity contribution >= 4 is 22.3 Å². The first-order valence-corrected chi connectivity index (χ1v) is 11.0. The summed E-state index contributed by atoms with van der Waals surface area (Å²) in [5.74, 6) is 1.88. The van der Waals surface area contributed by atoms with E-state index in [1.165, 1.54) is 5.56 Å². The number of aryl methyl sites for hydroxylation is 2. The molecule has 1 N–H and O–H groups in total. The molecule has 0 radical (unpaired) electrons. The van der Waals surface area contributed by atoms with Gasteiger partial charge >= 0.3 is 0 Å². The second-order valence-corrected chi connectivity index (χ2v) is 8.68. The predicted molar refractivity (Wildman–Crippen MR) is 128 cm³/mol. The number of methoxy groups -OCH3 is 1. The first-order valence-electron chi connectivity index (χ1n) is 11.0. The first-order chi connectivity index (χ1) is 15.5. The van der Waals surface area contributed by atoms with Gasteiger partial charge < -0.3 is 19.7 Å². The van der Waals surface area contributed by atoms with Crippen molar-refractivity contribution in [2.24, 2.45) is 5.92 Å². The maximum absolute atomic E-state index is 9.71. The lowest BCUT2D eigenvalue weighted by atomic mass is 9.98. The molecule has 2 heterocycles. The van der Waals surface area contributed by atoms with Crippen LogP contribution in [0, 0.1) is 31.1 Å². The fraction of sp³-hybridized carbons (Fsp3) is 0.385. The predicted octanol–water partition coefficient (Wildman–Crippen LogP) is 5.20. The quantitative estimate of drug-likeness (QED) is 0.580. The molecule has 1 aliphatic heterocycles. The number of hydrogen-bond acceptors (Lipinski definition) is 6. The third-order valence-electron chi connectivity index (χ3n) is 6.23. The minimum atomic E-state index is 0.486. The molecule has 3 aromatic rings. The molecule has 0 amide bonds. The topological polar surface area (TPSA) is 70.4 Å². The van der Waals surface area contributed by atoms with E-state index in [9.17, 15) is 5.26 Å². The monoisotopic (exact) mass is 430 g/mol. The molecule has 4 rings (SSSR count). The highest BCUT2D eigenvalue weighted by Gasteiger charge is 2.19. The summed E-state index contributed by atoms with van der Waals surface area (Å²) in [6.07, 6.45) is 3.89. The Labute approximate surface area is 189 Å². The Morgan fingerprint density at radius 1 is 1.16 bits per heavy atom. The van der Waals surface area contributed by atoms with E-state index in [0.717, 1.165) is 53.8 Å². The summed E-state index contributed by atoms with van der Waals surface area (Å²) in [6, 6.07) is 12.3. The summed E-state index contributed by atoms with van der Waals surface area (Å²) in [5.41, 5.74) is 5.24. The van der Waals surface area contributed by atoms with E-state index < -0.39 is 0 Å². The summed E-state index contributed by atoms with van der Waals surface area (Å²) in [6.45, 7) is 7.00. The van der Waals surface area contributed by atoms with Crippen LogP contribution < -0.4 is 14.8 Å². The normalized spacial score (nSPS) is 14.8. The first kappa shape index (κ1) is 21.9. The Morgan fingerprint density at radius 2 is 1.94 bits per heavy atom. The molecule has 0 bridgehead atoms. The Morgan fingerprint density at radius 3 is 2.62 bits per heavy atom. The van der Waals surface area contributed by atoms with Gasteiger partial charge in [0.25, 0.3) is 0 Å². The Balaban J connectivity index is 1.67. The lowest BCUT2D eigenvalue weighted by Gasteiger charge is -2.28. The summed E-state index contributed by atoms with van der Waals surface area (Å²) in [7, 11) is 3.80.